The van der Waals surface area contributed by atoms with E-state index in [9.17, 15) is 4.79 Å². The van der Waals surface area contributed by atoms with Crippen molar-refractivity contribution in [2.24, 2.45) is 17.3 Å². The summed E-state index contributed by atoms with van der Waals surface area (Å²) in [5.41, 5.74) is 3.64. The van der Waals surface area contributed by atoms with Gasteiger partial charge in [-0.15, -0.1) is 0 Å². The second kappa shape index (κ2) is 6.28. The highest BCUT2D eigenvalue weighted by molar-refractivity contribution is 5.78. The lowest BCUT2D eigenvalue weighted by atomic mass is 10.0. The third-order valence-corrected chi connectivity index (χ3v) is 4.70. The average molecular weight is 300 g/mol. The molecule has 2 nitrogen and oxygen atoms in total. The van der Waals surface area contributed by atoms with E-state index in [1.54, 1.807) is 0 Å². The Morgan fingerprint density at radius 2 is 1.82 bits per heavy atom. The standard InChI is InChI=1S/C20H28O2/c1-13(2)11-17-18(20(17,5)6)19(21)22-12-15-7-9-16(10-8-15)14(3)4/h7-11,14,17-18H,12H2,1-6H3/t17?,18-/m0/s1. The first-order valence-electron chi connectivity index (χ1n) is 8.14. The minimum atomic E-state index is -0.0690. The quantitative estimate of drug-likeness (QED) is 0.559. The maximum absolute atomic E-state index is 12.3. The zero-order valence-corrected chi connectivity index (χ0v) is 14.6. The largest absolute Gasteiger partial charge is 0.461 e. The van der Waals surface area contributed by atoms with Gasteiger partial charge in [0.1, 0.15) is 6.61 Å². The van der Waals surface area contributed by atoms with Crippen LogP contribution in [0.4, 0.5) is 0 Å². The number of rotatable bonds is 5. The molecule has 1 aliphatic rings. The lowest BCUT2D eigenvalue weighted by Gasteiger charge is -2.08. The van der Waals surface area contributed by atoms with Gasteiger partial charge in [-0.1, -0.05) is 63.6 Å². The smallest absolute Gasteiger partial charge is 0.310 e. The molecule has 1 aromatic rings. The fourth-order valence-electron chi connectivity index (χ4n) is 3.04. The minimum Gasteiger partial charge on any atom is -0.461 e. The predicted molar refractivity (Wildman–Crippen MR) is 90.5 cm³/mol. The number of benzene rings is 1. The second-order valence-electron chi connectivity index (χ2n) is 7.57. The number of hydrogen-bond donors (Lipinski definition) is 0. The maximum Gasteiger partial charge on any atom is 0.310 e. The zero-order chi connectivity index (χ0) is 16.5. The first kappa shape index (κ1) is 16.8. The topological polar surface area (TPSA) is 26.3 Å². The number of carbonyl (C=O) groups is 1. The first-order chi connectivity index (χ1) is 10.2. The van der Waals surface area contributed by atoms with E-state index >= 15 is 0 Å². The molecule has 1 aromatic carbocycles. The van der Waals surface area contributed by atoms with Crippen molar-refractivity contribution in [3.63, 3.8) is 0 Å². The van der Waals surface area contributed by atoms with Crippen LogP contribution in [0, 0.1) is 17.3 Å². The third-order valence-electron chi connectivity index (χ3n) is 4.70. The molecular weight excluding hydrogens is 272 g/mol. The Kier molecular flexibility index (Phi) is 4.79. The normalized spacial score (nSPS) is 22.3. The van der Waals surface area contributed by atoms with Gasteiger partial charge in [-0.05, 0) is 42.2 Å². The molecule has 0 aliphatic heterocycles. The minimum absolute atomic E-state index is 0.00247. The van der Waals surface area contributed by atoms with Gasteiger partial charge in [0.05, 0.1) is 5.92 Å². The molecule has 2 rings (SSSR count). The Morgan fingerprint density at radius 1 is 1.23 bits per heavy atom. The Balaban J connectivity index is 1.92. The highest BCUT2D eigenvalue weighted by Crippen LogP contribution is 2.59. The van der Waals surface area contributed by atoms with Gasteiger partial charge in [-0.3, -0.25) is 4.79 Å². The molecule has 1 saturated carbocycles. The van der Waals surface area contributed by atoms with Crippen LogP contribution in [0.5, 0.6) is 0 Å². The van der Waals surface area contributed by atoms with E-state index in [0.717, 1.165) is 5.56 Å². The van der Waals surface area contributed by atoms with E-state index in [1.165, 1.54) is 11.1 Å². The number of ether oxygens (including phenoxy) is 1. The molecule has 0 radical (unpaired) electrons. The van der Waals surface area contributed by atoms with Crippen LogP contribution in [-0.2, 0) is 16.1 Å². The van der Waals surface area contributed by atoms with Gasteiger partial charge >= 0.3 is 5.97 Å². The highest BCUT2D eigenvalue weighted by atomic mass is 16.5. The molecule has 120 valence electrons. The second-order valence-corrected chi connectivity index (χ2v) is 7.57. The summed E-state index contributed by atoms with van der Waals surface area (Å²) < 4.78 is 5.53. The molecule has 0 aromatic heterocycles. The molecule has 0 spiro atoms. The molecular formula is C20H28O2. The van der Waals surface area contributed by atoms with Crippen molar-refractivity contribution < 1.29 is 9.53 Å². The number of allylic oxidation sites excluding steroid dienone is 2. The zero-order valence-electron chi connectivity index (χ0n) is 14.6. The maximum atomic E-state index is 12.3. The fraction of sp³-hybridized carbons (Fsp3) is 0.550. The van der Waals surface area contributed by atoms with Crippen LogP contribution in [0.25, 0.3) is 0 Å². The Morgan fingerprint density at radius 3 is 2.32 bits per heavy atom. The van der Waals surface area contributed by atoms with Gasteiger partial charge in [0.25, 0.3) is 0 Å². The summed E-state index contributed by atoms with van der Waals surface area (Å²) >= 11 is 0. The number of esters is 1. The van der Waals surface area contributed by atoms with Crippen LogP contribution in [0.1, 0.15) is 58.6 Å². The summed E-state index contributed by atoms with van der Waals surface area (Å²) in [5.74, 6) is 0.764. The van der Waals surface area contributed by atoms with Crippen molar-refractivity contribution in [3.05, 3.63) is 47.0 Å². The molecule has 22 heavy (non-hydrogen) atoms. The van der Waals surface area contributed by atoms with Gasteiger partial charge < -0.3 is 4.74 Å². The first-order valence-corrected chi connectivity index (χ1v) is 8.14. The van der Waals surface area contributed by atoms with Crippen LogP contribution in [0.15, 0.2) is 35.9 Å². The van der Waals surface area contributed by atoms with Crippen molar-refractivity contribution in [2.75, 3.05) is 0 Å². The molecule has 0 heterocycles. The molecule has 1 fully saturated rings. The van der Waals surface area contributed by atoms with Crippen LogP contribution in [0.2, 0.25) is 0 Å². The third kappa shape index (κ3) is 3.60. The molecule has 2 heteroatoms. The van der Waals surface area contributed by atoms with E-state index in [2.05, 4.69) is 59.8 Å². The van der Waals surface area contributed by atoms with Gasteiger partial charge in [0.15, 0.2) is 0 Å². The fourth-order valence-corrected chi connectivity index (χ4v) is 3.04. The summed E-state index contributed by atoms with van der Waals surface area (Å²) in [6.07, 6.45) is 2.20. The molecule has 1 unspecified atom stereocenters. The Bertz CT molecular complexity index is 560. The SMILES string of the molecule is CC(C)=CC1[C@@H](C(=O)OCc2ccc(C(C)C)cc2)C1(C)C. The summed E-state index contributed by atoms with van der Waals surface area (Å²) in [6, 6.07) is 8.32. The lowest BCUT2D eigenvalue weighted by Crippen LogP contribution is -2.10. The van der Waals surface area contributed by atoms with Crippen LogP contribution < -0.4 is 0 Å². The highest BCUT2D eigenvalue weighted by Gasteiger charge is 2.61. The Labute approximate surface area is 134 Å². The van der Waals surface area contributed by atoms with Crippen molar-refractivity contribution in [2.45, 2.75) is 54.1 Å². The van der Waals surface area contributed by atoms with Crippen molar-refractivity contribution in [1.82, 2.24) is 0 Å². The monoisotopic (exact) mass is 300 g/mol. The van der Waals surface area contributed by atoms with Crippen LogP contribution in [-0.4, -0.2) is 5.97 Å². The van der Waals surface area contributed by atoms with Crippen molar-refractivity contribution in [3.8, 4) is 0 Å². The van der Waals surface area contributed by atoms with Crippen molar-refractivity contribution >= 4 is 5.97 Å². The van der Waals surface area contributed by atoms with E-state index in [4.69, 9.17) is 4.74 Å². The Hall–Kier alpha value is -1.57. The lowest BCUT2D eigenvalue weighted by molar-refractivity contribution is -0.147. The van der Waals surface area contributed by atoms with E-state index in [0.29, 0.717) is 18.4 Å². The summed E-state index contributed by atoms with van der Waals surface area (Å²) in [4.78, 5) is 12.3. The van der Waals surface area contributed by atoms with Gasteiger partial charge in [-0.25, -0.2) is 0 Å². The van der Waals surface area contributed by atoms with E-state index in [1.807, 2.05) is 12.1 Å². The van der Waals surface area contributed by atoms with E-state index < -0.39 is 0 Å². The number of carbonyl (C=O) groups excluding carboxylic acids is 1. The summed E-state index contributed by atoms with van der Waals surface area (Å²) in [5, 5.41) is 0. The van der Waals surface area contributed by atoms with Crippen LogP contribution in [0.3, 0.4) is 0 Å². The average Bonchev–Trinajstić information content (AvgIpc) is 2.96. The van der Waals surface area contributed by atoms with E-state index in [-0.39, 0.29) is 17.3 Å². The molecule has 0 saturated heterocycles. The van der Waals surface area contributed by atoms with Gasteiger partial charge in [0, 0.05) is 0 Å². The van der Waals surface area contributed by atoms with Crippen LogP contribution >= 0.6 is 0 Å². The van der Waals surface area contributed by atoms with Gasteiger partial charge in [0.2, 0.25) is 0 Å². The molecule has 0 amide bonds. The summed E-state index contributed by atoms with van der Waals surface area (Å²) in [7, 11) is 0. The van der Waals surface area contributed by atoms with Crippen molar-refractivity contribution in [1.29, 1.82) is 0 Å². The molecule has 0 bridgehead atoms. The molecule has 1 aliphatic carbocycles. The number of hydrogen-bond acceptors (Lipinski definition) is 2. The van der Waals surface area contributed by atoms with Gasteiger partial charge in [-0.2, -0.15) is 0 Å². The summed E-state index contributed by atoms with van der Waals surface area (Å²) in [6.45, 7) is 13.1. The molecule has 2 atom stereocenters. The molecule has 0 N–H and O–H groups in total. The predicted octanol–water partition coefficient (Wildman–Crippen LogP) is 5.09.